The zero-order chi connectivity index (χ0) is 33.6. The fourth-order valence-electron chi connectivity index (χ4n) is 7.85. The first kappa shape index (κ1) is 33.4. The van der Waals surface area contributed by atoms with Crippen molar-refractivity contribution in [2.45, 2.75) is 43.7 Å². The van der Waals surface area contributed by atoms with Crippen LogP contribution in [0.5, 0.6) is 0 Å². The maximum atomic E-state index is 15.7. The summed E-state index contributed by atoms with van der Waals surface area (Å²) in [6.07, 6.45) is 8.96. The molecule has 0 amide bonds. The molecule has 2 aliphatic carbocycles. The summed E-state index contributed by atoms with van der Waals surface area (Å²) < 4.78 is 25.2. The van der Waals surface area contributed by atoms with Gasteiger partial charge in [0.15, 0.2) is 0 Å². The average Bonchev–Trinajstić information content (AvgIpc) is 4.07. The van der Waals surface area contributed by atoms with Crippen molar-refractivity contribution >= 4 is 17.9 Å². The molecule has 2 fully saturated rings. The van der Waals surface area contributed by atoms with E-state index in [-0.39, 0.29) is 18.1 Å². The van der Waals surface area contributed by atoms with Gasteiger partial charge in [0.05, 0.1) is 6.61 Å². The second kappa shape index (κ2) is 14.8. The highest BCUT2D eigenvalue weighted by molar-refractivity contribution is 7.76. The first-order valence-electron chi connectivity index (χ1n) is 17.7. The Morgan fingerprint density at radius 2 is 1.12 bits per heavy atom. The lowest BCUT2D eigenvalue weighted by Crippen LogP contribution is -2.42. The number of benzene rings is 5. The van der Waals surface area contributed by atoms with Crippen molar-refractivity contribution in [1.29, 1.82) is 0 Å². The van der Waals surface area contributed by atoms with Gasteiger partial charge >= 0.3 is 0 Å². The quantitative estimate of drug-likeness (QED) is 0.0467. The Labute approximate surface area is 291 Å². The van der Waals surface area contributed by atoms with Crippen LogP contribution in [0.2, 0.25) is 0 Å². The van der Waals surface area contributed by atoms with Gasteiger partial charge in [-0.1, -0.05) is 140 Å². The fraction of sp³-hybridized carbons (Fsp3) is 0.273. The van der Waals surface area contributed by atoms with Crippen LogP contribution < -0.4 is 10.6 Å². The van der Waals surface area contributed by atoms with Crippen molar-refractivity contribution in [2.24, 2.45) is 11.3 Å². The molecule has 1 atom stereocenters. The van der Waals surface area contributed by atoms with E-state index in [9.17, 15) is 5.11 Å². The van der Waals surface area contributed by atoms with E-state index < -0.39 is 12.9 Å². The van der Waals surface area contributed by atoms with Crippen molar-refractivity contribution < 1.29 is 14.4 Å². The molecular formula is C44H46NO3P. The number of aliphatic hydroxyl groups is 1. The van der Waals surface area contributed by atoms with Gasteiger partial charge in [-0.25, -0.2) is 4.67 Å². The summed E-state index contributed by atoms with van der Waals surface area (Å²) in [6.45, 7) is 1.08. The number of nitrogens with zero attached hydrogens (tertiary/aromatic N) is 1. The second-order valence-corrected chi connectivity index (χ2v) is 16.2. The monoisotopic (exact) mass is 667 g/mol. The van der Waals surface area contributed by atoms with E-state index in [2.05, 4.69) is 95.7 Å². The van der Waals surface area contributed by atoms with E-state index in [4.69, 9.17) is 4.74 Å². The Morgan fingerprint density at radius 1 is 0.694 bits per heavy atom. The minimum atomic E-state index is -3.19. The van der Waals surface area contributed by atoms with E-state index in [0.29, 0.717) is 13.2 Å². The third-order valence-electron chi connectivity index (χ3n) is 10.6. The highest BCUT2D eigenvalue weighted by atomic mass is 31.2. The zero-order valence-electron chi connectivity index (χ0n) is 28.1. The maximum absolute atomic E-state index is 15.7. The predicted molar refractivity (Wildman–Crippen MR) is 201 cm³/mol. The van der Waals surface area contributed by atoms with E-state index in [1.165, 1.54) is 12.8 Å². The fourth-order valence-corrected chi connectivity index (χ4v) is 11.0. The number of unbranched alkanes of at least 4 members (excludes halogenated alkanes) is 1. The summed E-state index contributed by atoms with van der Waals surface area (Å²) in [5.74, 6) is 0.722. The van der Waals surface area contributed by atoms with Crippen molar-refractivity contribution in [3.05, 3.63) is 181 Å². The molecule has 0 heterocycles. The lowest BCUT2D eigenvalue weighted by molar-refractivity contribution is 0.0100. The van der Waals surface area contributed by atoms with Gasteiger partial charge in [0.25, 0.3) is 0 Å². The van der Waals surface area contributed by atoms with Gasteiger partial charge in [0, 0.05) is 29.8 Å². The molecule has 0 bridgehead atoms. The summed E-state index contributed by atoms with van der Waals surface area (Å²) in [4.78, 5) is 0. The van der Waals surface area contributed by atoms with Crippen LogP contribution in [0, 0.1) is 11.3 Å². The Balaban J connectivity index is 1.17. The number of rotatable bonds is 17. The number of hydrogen-bond donors (Lipinski definition) is 1. The molecule has 0 radical (unpaired) electrons. The largest absolute Gasteiger partial charge is 0.392 e. The number of fused-ring (bicyclic) bond motifs is 1. The van der Waals surface area contributed by atoms with Gasteiger partial charge in [-0.05, 0) is 84.4 Å². The molecule has 250 valence electrons. The molecule has 5 aromatic carbocycles. The van der Waals surface area contributed by atoms with E-state index >= 15 is 4.57 Å². The van der Waals surface area contributed by atoms with Gasteiger partial charge in [-0.2, -0.15) is 0 Å². The van der Waals surface area contributed by atoms with Crippen LogP contribution in [0.1, 0.15) is 48.8 Å². The van der Waals surface area contributed by atoms with Crippen molar-refractivity contribution in [2.75, 3.05) is 19.8 Å². The minimum Gasteiger partial charge on any atom is -0.392 e. The van der Waals surface area contributed by atoms with Crippen LogP contribution in [0.15, 0.2) is 164 Å². The zero-order valence-corrected chi connectivity index (χ0v) is 29.0. The topological polar surface area (TPSA) is 49.8 Å². The molecule has 5 aromatic rings. The molecule has 0 spiro atoms. The van der Waals surface area contributed by atoms with E-state index in [1.54, 1.807) is 6.08 Å². The summed E-state index contributed by atoms with van der Waals surface area (Å²) >= 11 is 0. The van der Waals surface area contributed by atoms with Gasteiger partial charge in [-0.3, -0.25) is 4.57 Å². The van der Waals surface area contributed by atoms with Gasteiger partial charge in [-0.15, -0.1) is 0 Å². The molecule has 0 saturated heterocycles. The summed E-state index contributed by atoms with van der Waals surface area (Å²) in [7, 11) is -3.19. The van der Waals surface area contributed by atoms with Crippen LogP contribution in [-0.2, 0) is 14.9 Å². The molecule has 0 aromatic heterocycles. The standard InChI is InChI=1S/C44H46NO3P/c46-32-18-17-31-45(49(47,40-26-12-4-13-27-40)41-28-14-5-15-29-41)42(43-34-39(43)35-43)30-16-19-33-48-44(36-20-6-1-7-21-36,37-22-8-2-9-23-37)38-24-10-3-11-25-38/h1-15,17-18,20-29,39,42,46H,16,19,30-35H2/b18-17+. The maximum Gasteiger partial charge on any atom is 0.207 e. The smallest absolute Gasteiger partial charge is 0.207 e. The Bertz CT molecular complexity index is 1700. The van der Waals surface area contributed by atoms with Crippen LogP contribution in [-0.4, -0.2) is 35.6 Å². The summed E-state index contributed by atoms with van der Waals surface area (Å²) in [6, 6.07) is 51.9. The molecule has 4 nitrogen and oxygen atoms in total. The summed E-state index contributed by atoms with van der Waals surface area (Å²) in [5, 5.41) is 11.4. The number of aliphatic hydroxyl groups excluding tert-OH is 1. The molecule has 49 heavy (non-hydrogen) atoms. The third kappa shape index (κ3) is 6.64. The minimum absolute atomic E-state index is 0.0312. The lowest BCUT2D eigenvalue weighted by Gasteiger charge is -2.40. The van der Waals surface area contributed by atoms with Crippen molar-refractivity contribution in [3.8, 4) is 0 Å². The highest BCUT2D eigenvalue weighted by Gasteiger charge is 2.74. The van der Waals surface area contributed by atoms with Gasteiger partial charge < -0.3 is 9.84 Å². The normalized spacial score (nSPS) is 19.1. The van der Waals surface area contributed by atoms with E-state index in [0.717, 1.165) is 52.5 Å². The van der Waals surface area contributed by atoms with E-state index in [1.807, 2.05) is 66.7 Å². The molecular weight excluding hydrogens is 621 g/mol. The first-order chi connectivity index (χ1) is 24.1. The summed E-state index contributed by atoms with van der Waals surface area (Å²) in [5.41, 5.74) is 2.82. The molecule has 2 saturated carbocycles. The van der Waals surface area contributed by atoms with Gasteiger partial charge in [0.1, 0.15) is 5.60 Å². The number of ether oxygens (including phenoxy) is 1. The molecule has 7 rings (SSSR count). The Hall–Kier alpha value is -4.05. The van der Waals surface area contributed by atoms with Crippen molar-refractivity contribution in [1.82, 2.24) is 4.67 Å². The number of hydrogen-bond acceptors (Lipinski definition) is 3. The van der Waals surface area contributed by atoms with Crippen LogP contribution in [0.3, 0.4) is 0 Å². The molecule has 5 heteroatoms. The second-order valence-electron chi connectivity index (χ2n) is 13.5. The Morgan fingerprint density at radius 3 is 1.53 bits per heavy atom. The lowest BCUT2D eigenvalue weighted by atomic mass is 9.80. The molecule has 2 aliphatic rings. The first-order valence-corrected chi connectivity index (χ1v) is 19.3. The SMILES string of the molecule is O=P(c1ccccc1)(c1ccccc1)N(C/C=C/CO)C(CCCCOC(c1ccccc1)(c1ccccc1)c1ccccc1)C12CC1C2. The predicted octanol–water partition coefficient (Wildman–Crippen LogP) is 8.72. The van der Waals surface area contributed by atoms with Crippen LogP contribution >= 0.6 is 7.29 Å². The molecule has 1 N–H and O–H groups in total. The molecule has 0 aliphatic heterocycles. The van der Waals surface area contributed by atoms with Crippen LogP contribution in [0.25, 0.3) is 0 Å². The Kier molecular flexibility index (Phi) is 10.1. The van der Waals surface area contributed by atoms with Gasteiger partial charge in [0.2, 0.25) is 7.29 Å². The average molecular weight is 668 g/mol. The molecule has 1 unspecified atom stereocenters. The van der Waals surface area contributed by atoms with Crippen LogP contribution in [0.4, 0.5) is 0 Å². The highest BCUT2D eigenvalue weighted by Crippen LogP contribution is 2.79. The van der Waals surface area contributed by atoms with Crippen molar-refractivity contribution in [3.63, 3.8) is 0 Å². The third-order valence-corrected chi connectivity index (χ3v) is 13.8.